The van der Waals surface area contributed by atoms with Crippen molar-refractivity contribution in [3.63, 3.8) is 0 Å². The molecule has 1 unspecified atom stereocenters. The van der Waals surface area contributed by atoms with E-state index in [1.807, 2.05) is 0 Å². The zero-order valence-corrected chi connectivity index (χ0v) is 19.7. The topological polar surface area (TPSA) is 53.3 Å². The molecule has 1 aliphatic rings. The summed E-state index contributed by atoms with van der Waals surface area (Å²) in [5.74, 6) is -1.83. The number of anilines is 1. The van der Waals surface area contributed by atoms with Crippen molar-refractivity contribution in [2.75, 3.05) is 11.5 Å². The number of halogens is 9. The van der Waals surface area contributed by atoms with Crippen LogP contribution in [0.15, 0.2) is 42.5 Å². The number of fused-ring (bicyclic) bond motifs is 1. The van der Waals surface area contributed by atoms with Crippen LogP contribution < -0.4 is 4.90 Å². The van der Waals surface area contributed by atoms with Crippen LogP contribution in [-0.2, 0) is 23.3 Å². The van der Waals surface area contributed by atoms with Crippen LogP contribution in [0.1, 0.15) is 54.0 Å². The van der Waals surface area contributed by atoms with Crippen molar-refractivity contribution in [2.45, 2.75) is 50.8 Å². The Bertz CT molecular complexity index is 1260. The average Bonchev–Trinajstić information content (AvgIpc) is 2.82. The third kappa shape index (κ3) is 5.74. The number of hydrogen-bond acceptors (Lipinski definition) is 3. The second kappa shape index (κ2) is 10.2. The highest BCUT2D eigenvalue weighted by molar-refractivity contribution is 5.97. The van der Waals surface area contributed by atoms with E-state index in [1.165, 1.54) is 13.0 Å². The monoisotopic (exact) mass is 550 g/mol. The summed E-state index contributed by atoms with van der Waals surface area (Å²) in [6.45, 7) is 3.01. The molecule has 204 valence electrons. The normalized spacial score (nSPS) is 16.8. The van der Waals surface area contributed by atoms with Crippen LogP contribution in [-0.4, -0.2) is 18.7 Å². The maximum absolute atomic E-state index is 13.5. The first-order valence-electron chi connectivity index (χ1n) is 11.1. The van der Waals surface area contributed by atoms with E-state index in [-0.39, 0.29) is 35.9 Å². The number of benzene rings is 2. The van der Waals surface area contributed by atoms with Crippen LogP contribution in [0.3, 0.4) is 0 Å². The Labute approximate surface area is 210 Å². The van der Waals surface area contributed by atoms with E-state index in [0.717, 1.165) is 11.0 Å². The van der Waals surface area contributed by atoms with Gasteiger partial charge in [0.05, 0.1) is 47.0 Å². The van der Waals surface area contributed by atoms with E-state index in [2.05, 4.69) is 0 Å². The molecule has 0 saturated heterocycles. The van der Waals surface area contributed by atoms with Gasteiger partial charge in [0, 0.05) is 5.56 Å². The first-order chi connectivity index (χ1) is 17.5. The molecule has 0 fully saturated rings. The highest BCUT2D eigenvalue weighted by Crippen LogP contribution is 2.46. The molecule has 1 amide bonds. The standard InChI is InChI=1S/C25H19F9N2O2/c1-3-17-11-18(19-10-14(23(26,27)28)5-6-21(19)36(17)22(37)38-4-2)20(12-35)13-7-15(24(29,30)31)9-16(8-13)25(32,33)34/h5-11,17,20H,3-4H2,1-2H3/t17-,20?/m0/s1. The van der Waals surface area contributed by atoms with Crippen molar-refractivity contribution in [3.05, 3.63) is 70.3 Å². The molecule has 2 aromatic carbocycles. The lowest BCUT2D eigenvalue weighted by atomic mass is 9.81. The minimum atomic E-state index is -5.20. The molecule has 3 rings (SSSR count). The molecule has 0 spiro atoms. The number of rotatable bonds is 4. The molecule has 4 nitrogen and oxygen atoms in total. The summed E-state index contributed by atoms with van der Waals surface area (Å²) >= 11 is 0. The first-order valence-corrected chi connectivity index (χ1v) is 11.1. The predicted octanol–water partition coefficient (Wildman–Crippen LogP) is 8.19. The van der Waals surface area contributed by atoms with E-state index >= 15 is 0 Å². The quantitative estimate of drug-likeness (QED) is 0.361. The fourth-order valence-electron chi connectivity index (χ4n) is 4.15. The molecule has 1 aliphatic heterocycles. The Morgan fingerprint density at radius 2 is 1.47 bits per heavy atom. The molecule has 0 bridgehead atoms. The lowest BCUT2D eigenvalue weighted by molar-refractivity contribution is -0.143. The Morgan fingerprint density at radius 3 is 1.92 bits per heavy atom. The molecule has 1 heterocycles. The van der Waals surface area contributed by atoms with Crippen molar-refractivity contribution in [1.29, 1.82) is 5.26 Å². The number of amides is 1. The summed E-state index contributed by atoms with van der Waals surface area (Å²) in [6, 6.07) is 3.55. The number of nitriles is 1. The average molecular weight is 550 g/mol. The van der Waals surface area contributed by atoms with Crippen molar-refractivity contribution < 1.29 is 49.0 Å². The molecular formula is C25H19F9N2O2. The van der Waals surface area contributed by atoms with Gasteiger partial charge in [-0.3, -0.25) is 4.90 Å². The minimum absolute atomic E-state index is 0.0798. The van der Waals surface area contributed by atoms with E-state index < -0.39 is 58.8 Å². The molecule has 0 saturated carbocycles. The number of carbonyl (C=O) groups is 1. The maximum atomic E-state index is 13.5. The molecule has 13 heteroatoms. The lowest BCUT2D eigenvalue weighted by Gasteiger charge is -2.36. The van der Waals surface area contributed by atoms with Gasteiger partial charge in [0.15, 0.2) is 0 Å². The molecule has 2 atom stereocenters. The van der Waals surface area contributed by atoms with Gasteiger partial charge in [-0.05, 0) is 60.9 Å². The Kier molecular flexibility index (Phi) is 7.77. The summed E-state index contributed by atoms with van der Waals surface area (Å²) in [4.78, 5) is 13.7. The van der Waals surface area contributed by atoms with Crippen LogP contribution in [0, 0.1) is 11.3 Å². The van der Waals surface area contributed by atoms with E-state index in [1.54, 1.807) is 13.0 Å². The van der Waals surface area contributed by atoms with Gasteiger partial charge in [-0.1, -0.05) is 13.0 Å². The first kappa shape index (κ1) is 28.9. The van der Waals surface area contributed by atoms with Crippen molar-refractivity contribution in [2.24, 2.45) is 0 Å². The zero-order chi connectivity index (χ0) is 28.6. The van der Waals surface area contributed by atoms with Crippen molar-refractivity contribution >= 4 is 17.4 Å². The Balaban J connectivity index is 2.32. The van der Waals surface area contributed by atoms with Crippen LogP contribution in [0.25, 0.3) is 5.57 Å². The van der Waals surface area contributed by atoms with Gasteiger partial charge >= 0.3 is 24.6 Å². The van der Waals surface area contributed by atoms with Crippen LogP contribution in [0.2, 0.25) is 0 Å². The minimum Gasteiger partial charge on any atom is -0.449 e. The van der Waals surface area contributed by atoms with E-state index in [0.29, 0.717) is 24.3 Å². The van der Waals surface area contributed by atoms with Gasteiger partial charge in [0.1, 0.15) is 0 Å². The number of hydrogen-bond donors (Lipinski definition) is 0. The number of ether oxygens (including phenoxy) is 1. The van der Waals surface area contributed by atoms with Gasteiger partial charge in [-0.2, -0.15) is 44.8 Å². The van der Waals surface area contributed by atoms with Crippen molar-refractivity contribution in [1.82, 2.24) is 0 Å². The second-order valence-electron chi connectivity index (χ2n) is 8.30. The van der Waals surface area contributed by atoms with Crippen LogP contribution >= 0.6 is 0 Å². The molecule has 2 aromatic rings. The second-order valence-corrected chi connectivity index (χ2v) is 8.30. The smallest absolute Gasteiger partial charge is 0.416 e. The zero-order valence-electron chi connectivity index (χ0n) is 19.7. The molecule has 0 N–H and O–H groups in total. The van der Waals surface area contributed by atoms with E-state index in [4.69, 9.17) is 4.74 Å². The molecular weight excluding hydrogens is 531 g/mol. The summed E-state index contributed by atoms with van der Waals surface area (Å²) < 4.78 is 126. The SMILES string of the molecule is CCOC(=O)N1c2ccc(C(F)(F)F)cc2C(C(C#N)c2cc(C(F)(F)F)cc(C(F)(F)F)c2)=C[C@@H]1CC. The lowest BCUT2D eigenvalue weighted by Crippen LogP contribution is -2.42. The number of allylic oxidation sites excluding steroid dienone is 1. The molecule has 0 radical (unpaired) electrons. The largest absolute Gasteiger partial charge is 0.449 e. The predicted molar refractivity (Wildman–Crippen MR) is 118 cm³/mol. The van der Waals surface area contributed by atoms with Crippen LogP contribution in [0.5, 0.6) is 0 Å². The number of nitrogens with zero attached hydrogens (tertiary/aromatic N) is 2. The highest BCUT2D eigenvalue weighted by atomic mass is 19.4. The number of carbonyl (C=O) groups excluding carboxylic acids is 1. The number of alkyl halides is 9. The van der Waals surface area contributed by atoms with Gasteiger partial charge < -0.3 is 4.74 Å². The fraction of sp³-hybridized carbons (Fsp3) is 0.360. The van der Waals surface area contributed by atoms with Crippen LogP contribution in [0.4, 0.5) is 50.0 Å². The summed E-state index contributed by atoms with van der Waals surface area (Å²) in [7, 11) is 0. The Morgan fingerprint density at radius 1 is 0.921 bits per heavy atom. The Hall–Kier alpha value is -3.69. The van der Waals surface area contributed by atoms with Crippen molar-refractivity contribution in [3.8, 4) is 6.07 Å². The maximum Gasteiger partial charge on any atom is 0.416 e. The third-order valence-electron chi connectivity index (χ3n) is 5.86. The highest BCUT2D eigenvalue weighted by Gasteiger charge is 2.40. The van der Waals surface area contributed by atoms with Gasteiger partial charge in [-0.25, -0.2) is 4.79 Å². The van der Waals surface area contributed by atoms with Gasteiger partial charge in [0.2, 0.25) is 0 Å². The third-order valence-corrected chi connectivity index (χ3v) is 5.86. The fourth-order valence-corrected chi connectivity index (χ4v) is 4.15. The molecule has 38 heavy (non-hydrogen) atoms. The molecule has 0 aliphatic carbocycles. The van der Waals surface area contributed by atoms with Gasteiger partial charge in [-0.15, -0.1) is 0 Å². The summed E-state index contributed by atoms with van der Waals surface area (Å²) in [5, 5.41) is 9.91. The summed E-state index contributed by atoms with van der Waals surface area (Å²) in [5.41, 5.74) is -6.03. The molecule has 0 aromatic heterocycles. The van der Waals surface area contributed by atoms with E-state index in [9.17, 15) is 49.6 Å². The summed E-state index contributed by atoms with van der Waals surface area (Å²) in [6.07, 6.45) is -14.9. The van der Waals surface area contributed by atoms with Gasteiger partial charge in [0.25, 0.3) is 0 Å².